The van der Waals surface area contributed by atoms with E-state index < -0.39 is 205 Å². The van der Waals surface area contributed by atoms with Gasteiger partial charge in [0.15, 0.2) is 93.1 Å². The van der Waals surface area contributed by atoms with Crippen molar-refractivity contribution in [1.82, 2.24) is 34.9 Å². The minimum absolute atomic E-state index is 0.101. The van der Waals surface area contributed by atoms with Gasteiger partial charge in [-0.3, -0.25) is 0 Å². The lowest BCUT2D eigenvalue weighted by atomic mass is 10.0. The molecule has 2 aliphatic heterocycles. The molecule has 0 radical (unpaired) electrons. The fraction of sp³-hybridized carbons (Fsp3) is 0. The van der Waals surface area contributed by atoms with Gasteiger partial charge in [0.05, 0.1) is 67.1 Å². The normalized spacial score (nSPS) is 12.2. The molecule has 6 aromatic heterocycles. The molecule has 7 nitrogen and oxygen atoms in total. The molecule has 2 aliphatic rings. The Morgan fingerprint density at radius 1 is 0.169 bits per heavy atom. The highest BCUT2D eigenvalue weighted by Gasteiger charge is 2.34. The standard InChI is InChI=1S/C56H19F20N7/c57-37-33(38(58)46(66)53(73)45(37)65)29-21-7-5-19(79-21)17-3-1-15(77-17)16-2-4-18(78-16)20-6-8-22(80-20)30(34-39(59)47(67)54(74)48(68)40(34)60)24-10-12-26(82-24)32(36-43(63)51(71)56(76)52(72)44(36)64)28-14-13-27(83-28)31(25-11-9-23(29)81-25)35-41(61)49(69)55(75)50(70)42(35)62/h1-14,77-78,81-83H. The lowest BCUT2D eigenvalue weighted by molar-refractivity contribution is 0.381. The maximum atomic E-state index is 16.2. The summed E-state index contributed by atoms with van der Waals surface area (Å²) in [5.74, 6) is -51.4. The van der Waals surface area contributed by atoms with Gasteiger partial charge in [0.2, 0.25) is 23.3 Å². The number of aromatic nitrogens is 7. The van der Waals surface area contributed by atoms with Crippen LogP contribution < -0.4 is 0 Å². The van der Waals surface area contributed by atoms with Crippen molar-refractivity contribution in [3.8, 4) is 44.5 Å². The van der Waals surface area contributed by atoms with Crippen LogP contribution in [0.4, 0.5) is 87.8 Å². The first kappa shape index (κ1) is 53.6. The predicted molar refractivity (Wildman–Crippen MR) is 262 cm³/mol. The minimum Gasteiger partial charge on any atom is -0.354 e. The topological polar surface area (TPSA) is 105 Å². The summed E-state index contributed by atoms with van der Waals surface area (Å²) in [4.78, 5) is 21.8. The van der Waals surface area contributed by atoms with Crippen molar-refractivity contribution in [3.63, 3.8) is 0 Å². The smallest absolute Gasteiger partial charge is 0.200 e. The molecule has 8 heterocycles. The minimum atomic E-state index is -2.73. The number of benzene rings is 4. The third kappa shape index (κ3) is 8.06. The first-order valence-corrected chi connectivity index (χ1v) is 23.3. The molecule has 0 atom stereocenters. The van der Waals surface area contributed by atoms with Crippen LogP contribution in [-0.2, 0) is 0 Å². The van der Waals surface area contributed by atoms with Gasteiger partial charge in [-0.05, 0) is 85.0 Å². The third-order valence-corrected chi connectivity index (χ3v) is 13.5. The van der Waals surface area contributed by atoms with E-state index in [1.807, 2.05) is 0 Å². The summed E-state index contributed by atoms with van der Waals surface area (Å²) < 4.78 is 309. The molecule has 4 aromatic carbocycles. The summed E-state index contributed by atoms with van der Waals surface area (Å²) in [6.07, 6.45) is 4.42. The van der Waals surface area contributed by atoms with E-state index >= 15 is 70.2 Å². The molecular weight excluding hydrogens is 1150 g/mol. The van der Waals surface area contributed by atoms with E-state index in [0.717, 1.165) is 36.4 Å². The molecule has 0 aliphatic carbocycles. The molecular formula is C56H19F20N7. The summed E-state index contributed by atoms with van der Waals surface area (Å²) >= 11 is 0. The molecule has 27 heteroatoms. The molecule has 10 aromatic rings. The van der Waals surface area contributed by atoms with E-state index in [1.54, 1.807) is 0 Å². The molecule has 5 N–H and O–H groups in total. The van der Waals surface area contributed by atoms with E-state index in [-0.39, 0.29) is 33.5 Å². The fourth-order valence-corrected chi connectivity index (χ4v) is 9.69. The Morgan fingerprint density at radius 2 is 0.337 bits per heavy atom. The number of hydrogen-bond donors (Lipinski definition) is 5. The molecule has 83 heavy (non-hydrogen) atoms. The highest BCUT2D eigenvalue weighted by atomic mass is 19.2. The van der Waals surface area contributed by atoms with Crippen molar-refractivity contribution in [2.75, 3.05) is 0 Å². The molecule has 14 bridgehead atoms. The van der Waals surface area contributed by atoms with Crippen molar-refractivity contribution in [2.45, 2.75) is 0 Å². The van der Waals surface area contributed by atoms with Crippen LogP contribution >= 0.6 is 0 Å². The number of fused-ring (bicyclic) bond motifs is 17. The molecule has 0 fully saturated rings. The second kappa shape index (κ2) is 19.3. The lowest BCUT2D eigenvalue weighted by Crippen LogP contribution is -2.05. The largest absolute Gasteiger partial charge is 0.354 e. The van der Waals surface area contributed by atoms with Crippen molar-refractivity contribution in [3.05, 3.63) is 200 Å². The van der Waals surface area contributed by atoms with Crippen molar-refractivity contribution >= 4 is 79.5 Å². The maximum absolute atomic E-state index is 16.2. The van der Waals surface area contributed by atoms with Crippen molar-refractivity contribution in [1.29, 1.82) is 0 Å². The average molecular weight is 1170 g/mol. The summed E-state index contributed by atoms with van der Waals surface area (Å²) in [6, 6.07) is 10.0. The number of aromatic amines is 5. The first-order chi connectivity index (χ1) is 39.5. The predicted octanol–water partition coefficient (Wildman–Crippen LogP) is 17.2. The van der Waals surface area contributed by atoms with Gasteiger partial charge >= 0.3 is 0 Å². The molecule has 12 rings (SSSR count). The second-order valence-electron chi connectivity index (χ2n) is 18.1. The number of H-pyrrole nitrogens is 5. The van der Waals surface area contributed by atoms with Crippen LogP contribution in [0, 0.1) is 116 Å². The van der Waals surface area contributed by atoms with Crippen LogP contribution in [0.3, 0.4) is 0 Å². The van der Waals surface area contributed by atoms with Crippen molar-refractivity contribution in [2.24, 2.45) is 0 Å². The monoisotopic (exact) mass is 1170 g/mol. The van der Waals surface area contributed by atoms with Crippen LogP contribution in [0.25, 0.3) is 124 Å². The number of rotatable bonds is 4. The third-order valence-electron chi connectivity index (χ3n) is 13.5. The van der Waals surface area contributed by atoms with Gasteiger partial charge in [-0.25, -0.2) is 97.8 Å². The molecule has 0 unspecified atom stereocenters. The van der Waals surface area contributed by atoms with Gasteiger partial charge in [-0.1, -0.05) is 0 Å². The fourth-order valence-electron chi connectivity index (χ4n) is 9.69. The van der Waals surface area contributed by atoms with Gasteiger partial charge in [-0.2, -0.15) is 0 Å². The van der Waals surface area contributed by atoms with Crippen LogP contribution in [0.2, 0.25) is 0 Å². The summed E-state index contributed by atoms with van der Waals surface area (Å²) in [6.45, 7) is 0. The van der Waals surface area contributed by atoms with Crippen LogP contribution in [0.5, 0.6) is 0 Å². The van der Waals surface area contributed by atoms with E-state index in [4.69, 9.17) is 0 Å². The zero-order valence-corrected chi connectivity index (χ0v) is 40.0. The number of nitrogens with zero attached hydrogens (tertiary/aromatic N) is 2. The quantitative estimate of drug-likeness (QED) is 0.0688. The molecule has 0 saturated heterocycles. The van der Waals surface area contributed by atoms with E-state index in [9.17, 15) is 17.6 Å². The van der Waals surface area contributed by atoms with Gasteiger partial charge in [0.25, 0.3) is 0 Å². The van der Waals surface area contributed by atoms with E-state index in [2.05, 4.69) is 34.9 Å². The Balaban J connectivity index is 1.32. The van der Waals surface area contributed by atoms with Crippen molar-refractivity contribution < 1.29 is 87.8 Å². The highest BCUT2D eigenvalue weighted by molar-refractivity contribution is 6.02. The van der Waals surface area contributed by atoms with Gasteiger partial charge in [-0.15, -0.1) is 0 Å². The molecule has 0 saturated carbocycles. The summed E-state index contributed by atoms with van der Waals surface area (Å²) in [5, 5.41) is 0. The van der Waals surface area contributed by atoms with Crippen LogP contribution in [-0.4, -0.2) is 34.9 Å². The average Bonchev–Trinajstić information content (AvgIpc) is 3.55. The van der Waals surface area contributed by atoms with Gasteiger partial charge in [0.1, 0.15) is 0 Å². The zero-order valence-electron chi connectivity index (χ0n) is 40.0. The zero-order chi connectivity index (χ0) is 59.1. The van der Waals surface area contributed by atoms with E-state index in [1.165, 1.54) is 36.4 Å². The Morgan fingerprint density at radius 3 is 0.590 bits per heavy atom. The van der Waals surface area contributed by atoms with Gasteiger partial charge < -0.3 is 24.9 Å². The Kier molecular flexibility index (Phi) is 12.5. The molecule has 0 spiro atoms. The Bertz CT molecular complexity index is 4530. The summed E-state index contributed by atoms with van der Waals surface area (Å²) in [5.41, 5.74) is -17.6. The molecule has 418 valence electrons. The second-order valence-corrected chi connectivity index (χ2v) is 18.1. The number of nitrogens with one attached hydrogen (secondary N) is 5. The number of hydrogen-bond acceptors (Lipinski definition) is 2. The van der Waals surface area contributed by atoms with Crippen LogP contribution in [0.1, 0.15) is 22.8 Å². The van der Waals surface area contributed by atoms with Crippen LogP contribution in [0.15, 0.2) is 60.7 Å². The number of halogens is 20. The Labute approximate surface area is 445 Å². The maximum Gasteiger partial charge on any atom is 0.200 e. The molecule has 0 amide bonds. The van der Waals surface area contributed by atoms with Gasteiger partial charge in [0, 0.05) is 55.4 Å². The highest BCUT2D eigenvalue weighted by Crippen LogP contribution is 2.44. The SMILES string of the molecule is Fc1c(F)c(F)c(-c2c3nc(c4ccc([nH]4)c4ccc([nH]4)c4nc(c(-c5c(F)c(F)c(F)c(F)c5F)c5ccc([nH]5)c(-c5c(F)c(F)c(F)c(F)c5F)c5ccc([nH]5)c(-c5c(F)c(F)c(F)c(F)c5F)c5ccc2[nH]5)C=C4)C=C3)c(F)c1F. The van der Waals surface area contributed by atoms with E-state index in [0.29, 0.717) is 12.1 Å². The first-order valence-electron chi connectivity index (χ1n) is 23.3. The Hall–Kier alpha value is -10.1. The summed E-state index contributed by atoms with van der Waals surface area (Å²) in [7, 11) is 0. The lowest BCUT2D eigenvalue weighted by Gasteiger charge is -2.11.